The minimum absolute atomic E-state index is 0.118. The first-order valence-corrected chi connectivity index (χ1v) is 9.46. The van der Waals surface area contributed by atoms with Crippen molar-refractivity contribution in [2.45, 2.75) is 33.4 Å². The first kappa shape index (κ1) is 19.4. The summed E-state index contributed by atoms with van der Waals surface area (Å²) in [5.41, 5.74) is 2.16. The van der Waals surface area contributed by atoms with E-state index in [1.54, 1.807) is 12.1 Å². The quantitative estimate of drug-likeness (QED) is 0.716. The third-order valence-corrected chi connectivity index (χ3v) is 4.80. The van der Waals surface area contributed by atoms with Crippen molar-refractivity contribution < 1.29 is 13.9 Å². The molecule has 27 heavy (non-hydrogen) atoms. The number of para-hydroxylation sites is 1. The third-order valence-electron chi connectivity index (χ3n) is 4.80. The van der Waals surface area contributed by atoms with Gasteiger partial charge in [-0.2, -0.15) is 0 Å². The lowest BCUT2D eigenvalue weighted by Crippen LogP contribution is -2.46. The summed E-state index contributed by atoms with van der Waals surface area (Å²) < 4.78 is 20.3. The largest absolute Gasteiger partial charge is 0.491 e. The van der Waals surface area contributed by atoms with Crippen molar-refractivity contribution >= 4 is 11.5 Å². The van der Waals surface area contributed by atoms with Crippen LogP contribution in [0.25, 0.3) is 0 Å². The van der Waals surface area contributed by atoms with E-state index in [-0.39, 0.29) is 17.7 Å². The Morgan fingerprint density at radius 3 is 2.44 bits per heavy atom. The molecule has 0 radical (unpaired) electrons. The van der Waals surface area contributed by atoms with Crippen molar-refractivity contribution in [2.24, 2.45) is 0 Å². The van der Waals surface area contributed by atoms with Crippen LogP contribution in [0, 0.1) is 5.82 Å². The van der Waals surface area contributed by atoms with Crippen molar-refractivity contribution in [1.29, 1.82) is 0 Å². The number of piperazine rings is 1. The molecule has 2 aromatic carbocycles. The molecule has 0 aromatic heterocycles. The van der Waals surface area contributed by atoms with Gasteiger partial charge in [0.25, 0.3) is 0 Å². The topological polar surface area (TPSA) is 32.8 Å². The summed E-state index contributed by atoms with van der Waals surface area (Å²) >= 11 is 0. The summed E-state index contributed by atoms with van der Waals surface area (Å²) in [5.74, 6) is 0.486. The second-order valence-corrected chi connectivity index (χ2v) is 7.26. The third kappa shape index (κ3) is 4.86. The van der Waals surface area contributed by atoms with Gasteiger partial charge >= 0.3 is 0 Å². The highest BCUT2D eigenvalue weighted by molar-refractivity contribution is 5.94. The van der Waals surface area contributed by atoms with Gasteiger partial charge in [0.05, 0.1) is 11.8 Å². The number of rotatable bonds is 6. The molecule has 0 bridgehead atoms. The van der Waals surface area contributed by atoms with E-state index >= 15 is 0 Å². The maximum atomic E-state index is 14.4. The first-order valence-electron chi connectivity index (χ1n) is 9.46. The summed E-state index contributed by atoms with van der Waals surface area (Å²) in [7, 11) is 0. The molecule has 1 heterocycles. The average molecular weight is 370 g/mol. The van der Waals surface area contributed by atoms with Crippen LogP contribution < -0.4 is 9.64 Å². The van der Waals surface area contributed by atoms with Crippen LogP contribution in [0.15, 0.2) is 42.5 Å². The van der Waals surface area contributed by atoms with Crippen LogP contribution in [0.3, 0.4) is 0 Å². The zero-order valence-corrected chi connectivity index (χ0v) is 16.2. The summed E-state index contributed by atoms with van der Waals surface area (Å²) in [6, 6.07) is 12.9. The highest BCUT2D eigenvalue weighted by Gasteiger charge is 2.21. The lowest BCUT2D eigenvalue weighted by atomic mass is 10.1. The van der Waals surface area contributed by atoms with Gasteiger partial charge < -0.3 is 9.64 Å². The summed E-state index contributed by atoms with van der Waals surface area (Å²) in [4.78, 5) is 15.8. The zero-order chi connectivity index (χ0) is 19.4. The maximum absolute atomic E-state index is 14.4. The molecule has 144 valence electrons. The van der Waals surface area contributed by atoms with Crippen molar-refractivity contribution in [3.8, 4) is 5.75 Å². The second-order valence-electron chi connectivity index (χ2n) is 7.26. The van der Waals surface area contributed by atoms with E-state index in [1.165, 1.54) is 18.6 Å². The SMILES string of the molecule is CC(=O)c1ccc(N2CCN(Cc3ccccc3OC(C)C)CC2)c(F)c1. The van der Waals surface area contributed by atoms with Crippen molar-refractivity contribution in [3.05, 3.63) is 59.4 Å². The van der Waals surface area contributed by atoms with Crippen LogP contribution in [0.4, 0.5) is 10.1 Å². The number of ketones is 1. The van der Waals surface area contributed by atoms with E-state index in [0.717, 1.165) is 38.5 Å². The van der Waals surface area contributed by atoms with Crippen LogP contribution >= 0.6 is 0 Å². The minimum atomic E-state index is -0.327. The average Bonchev–Trinajstić information content (AvgIpc) is 2.63. The van der Waals surface area contributed by atoms with Crippen LogP contribution in [-0.2, 0) is 6.54 Å². The van der Waals surface area contributed by atoms with Gasteiger partial charge in [-0.05, 0) is 45.0 Å². The molecule has 0 aliphatic carbocycles. The Morgan fingerprint density at radius 1 is 1.11 bits per heavy atom. The van der Waals surface area contributed by atoms with E-state index in [0.29, 0.717) is 11.3 Å². The monoisotopic (exact) mass is 370 g/mol. The predicted octanol–water partition coefficient (Wildman–Crippen LogP) is 4.14. The van der Waals surface area contributed by atoms with Gasteiger partial charge in [0, 0.05) is 43.9 Å². The Morgan fingerprint density at radius 2 is 1.81 bits per heavy atom. The van der Waals surface area contributed by atoms with Crippen molar-refractivity contribution in [1.82, 2.24) is 4.90 Å². The molecule has 5 heteroatoms. The molecule has 1 aliphatic heterocycles. The van der Waals surface area contributed by atoms with Crippen LogP contribution in [0.5, 0.6) is 5.75 Å². The fraction of sp³-hybridized carbons (Fsp3) is 0.409. The summed E-state index contributed by atoms with van der Waals surface area (Å²) in [5, 5.41) is 0. The first-order chi connectivity index (χ1) is 12.9. The van der Waals surface area contributed by atoms with E-state index in [1.807, 2.05) is 36.9 Å². The van der Waals surface area contributed by atoms with Gasteiger partial charge in [-0.15, -0.1) is 0 Å². The number of carbonyl (C=O) groups excluding carboxylic acids is 1. The van der Waals surface area contributed by atoms with Gasteiger partial charge in [-0.1, -0.05) is 18.2 Å². The highest BCUT2D eigenvalue weighted by Crippen LogP contribution is 2.25. The number of ether oxygens (including phenoxy) is 1. The molecule has 2 aromatic rings. The molecule has 1 aliphatic rings. The molecule has 4 nitrogen and oxygen atoms in total. The smallest absolute Gasteiger partial charge is 0.159 e. The molecule has 0 saturated carbocycles. The standard InChI is InChI=1S/C22H27FN2O2/c1-16(2)27-22-7-5-4-6-19(22)15-24-10-12-25(13-11-24)21-9-8-18(17(3)26)14-20(21)23/h4-9,14,16H,10-13,15H2,1-3H3. The van der Waals surface area contributed by atoms with Crippen LogP contribution in [-0.4, -0.2) is 43.0 Å². The number of halogens is 1. The molecule has 0 unspecified atom stereocenters. The normalized spacial score (nSPS) is 15.2. The number of Topliss-reactive ketones (excluding diaryl/α,β-unsaturated/α-hetero) is 1. The van der Waals surface area contributed by atoms with Crippen molar-refractivity contribution in [2.75, 3.05) is 31.1 Å². The Hall–Kier alpha value is -2.40. The molecule has 0 amide bonds. The molecule has 0 spiro atoms. The Balaban J connectivity index is 1.62. The Kier molecular flexibility index (Phi) is 6.11. The Bertz CT molecular complexity index is 799. The minimum Gasteiger partial charge on any atom is -0.491 e. The number of anilines is 1. The van der Waals surface area contributed by atoms with Gasteiger partial charge in [0.1, 0.15) is 11.6 Å². The zero-order valence-electron chi connectivity index (χ0n) is 16.2. The molecule has 0 atom stereocenters. The van der Waals surface area contributed by atoms with Crippen LogP contribution in [0.1, 0.15) is 36.7 Å². The fourth-order valence-corrected chi connectivity index (χ4v) is 3.37. The van der Waals surface area contributed by atoms with E-state index in [4.69, 9.17) is 4.74 Å². The molecule has 3 rings (SSSR count). The molecular weight excluding hydrogens is 343 g/mol. The lowest BCUT2D eigenvalue weighted by molar-refractivity contribution is 0.101. The number of nitrogens with zero attached hydrogens (tertiary/aromatic N) is 2. The van der Waals surface area contributed by atoms with E-state index in [9.17, 15) is 9.18 Å². The van der Waals surface area contributed by atoms with E-state index < -0.39 is 0 Å². The number of carbonyl (C=O) groups is 1. The molecular formula is C22H27FN2O2. The second kappa shape index (κ2) is 8.53. The molecule has 0 N–H and O–H groups in total. The lowest BCUT2D eigenvalue weighted by Gasteiger charge is -2.36. The number of hydrogen-bond acceptors (Lipinski definition) is 4. The van der Waals surface area contributed by atoms with Gasteiger partial charge in [0.2, 0.25) is 0 Å². The van der Waals surface area contributed by atoms with Crippen LogP contribution in [0.2, 0.25) is 0 Å². The van der Waals surface area contributed by atoms with Crippen molar-refractivity contribution in [3.63, 3.8) is 0 Å². The molecule has 1 saturated heterocycles. The van der Waals surface area contributed by atoms with Gasteiger partial charge in [-0.25, -0.2) is 4.39 Å². The van der Waals surface area contributed by atoms with E-state index in [2.05, 4.69) is 11.0 Å². The van der Waals surface area contributed by atoms with Gasteiger partial charge in [0.15, 0.2) is 5.78 Å². The number of benzene rings is 2. The fourth-order valence-electron chi connectivity index (χ4n) is 3.37. The maximum Gasteiger partial charge on any atom is 0.159 e. The highest BCUT2D eigenvalue weighted by atomic mass is 19.1. The predicted molar refractivity (Wildman–Crippen MR) is 106 cm³/mol. The summed E-state index contributed by atoms with van der Waals surface area (Å²) in [6.45, 7) is 9.54. The van der Waals surface area contributed by atoms with Gasteiger partial charge in [-0.3, -0.25) is 9.69 Å². The number of hydrogen-bond donors (Lipinski definition) is 0. The summed E-state index contributed by atoms with van der Waals surface area (Å²) in [6.07, 6.45) is 0.143. The molecule has 1 fully saturated rings. The Labute approximate surface area is 160 Å².